The van der Waals surface area contributed by atoms with Gasteiger partial charge in [-0.1, -0.05) is 21.3 Å². The molecule has 0 aliphatic carbocycles. The van der Waals surface area contributed by atoms with E-state index in [4.69, 9.17) is 5.73 Å². The first-order valence-corrected chi connectivity index (χ1v) is 4.68. The van der Waals surface area contributed by atoms with E-state index in [1.54, 1.807) is 0 Å². The summed E-state index contributed by atoms with van der Waals surface area (Å²) in [7, 11) is 0. The van der Waals surface area contributed by atoms with E-state index in [0.29, 0.717) is 6.04 Å². The minimum absolute atomic E-state index is 0. The highest BCUT2D eigenvalue weighted by Gasteiger charge is 1.99. The molecule has 0 radical (unpaired) electrons. The quantitative estimate of drug-likeness (QED) is 0.668. The summed E-state index contributed by atoms with van der Waals surface area (Å²) in [5, 5.41) is 0. The standard InChI is InChI=1S/C9H22N2.CH4/c1-4-11(5-2)8-6-7-9(3)10;/h9H,4-8,10H2,1-3H3;1H4. The molecule has 0 aromatic rings. The van der Waals surface area contributed by atoms with Gasteiger partial charge in [-0.3, -0.25) is 0 Å². The molecule has 0 bridgehead atoms. The fraction of sp³-hybridized carbons (Fsp3) is 1.00. The third-order valence-electron chi connectivity index (χ3n) is 2.03. The Morgan fingerprint density at radius 3 is 2.08 bits per heavy atom. The van der Waals surface area contributed by atoms with Crippen LogP contribution >= 0.6 is 0 Å². The summed E-state index contributed by atoms with van der Waals surface area (Å²) in [4.78, 5) is 2.43. The Morgan fingerprint density at radius 1 is 1.25 bits per heavy atom. The van der Waals surface area contributed by atoms with Gasteiger partial charge in [0, 0.05) is 6.04 Å². The molecule has 2 nitrogen and oxygen atoms in total. The predicted octanol–water partition coefficient (Wildman–Crippen LogP) is 2.09. The van der Waals surface area contributed by atoms with E-state index in [1.165, 1.54) is 13.0 Å². The van der Waals surface area contributed by atoms with Crippen molar-refractivity contribution in [2.75, 3.05) is 19.6 Å². The first-order valence-electron chi connectivity index (χ1n) is 4.68. The summed E-state index contributed by atoms with van der Waals surface area (Å²) in [5.74, 6) is 0. The van der Waals surface area contributed by atoms with Gasteiger partial charge >= 0.3 is 0 Å². The summed E-state index contributed by atoms with van der Waals surface area (Å²) < 4.78 is 0. The maximum absolute atomic E-state index is 5.64. The van der Waals surface area contributed by atoms with Crippen molar-refractivity contribution < 1.29 is 0 Å². The number of rotatable bonds is 6. The van der Waals surface area contributed by atoms with Gasteiger partial charge in [-0.25, -0.2) is 0 Å². The van der Waals surface area contributed by atoms with E-state index in [1.807, 2.05) is 0 Å². The fourth-order valence-corrected chi connectivity index (χ4v) is 1.18. The average Bonchev–Trinajstić information content (AvgIpc) is 1.98. The Balaban J connectivity index is 0. The molecule has 12 heavy (non-hydrogen) atoms. The number of hydrogen-bond donors (Lipinski definition) is 1. The summed E-state index contributed by atoms with van der Waals surface area (Å²) in [6.45, 7) is 10.0. The summed E-state index contributed by atoms with van der Waals surface area (Å²) in [6, 6.07) is 0.366. The second-order valence-corrected chi connectivity index (χ2v) is 3.15. The van der Waals surface area contributed by atoms with Crippen molar-refractivity contribution in [3.63, 3.8) is 0 Å². The maximum atomic E-state index is 5.64. The van der Waals surface area contributed by atoms with Crippen molar-refractivity contribution in [2.45, 2.75) is 47.1 Å². The molecule has 1 unspecified atom stereocenters. The van der Waals surface area contributed by atoms with Crippen LogP contribution < -0.4 is 5.73 Å². The van der Waals surface area contributed by atoms with Crippen molar-refractivity contribution in [1.29, 1.82) is 0 Å². The van der Waals surface area contributed by atoms with Gasteiger partial charge in [0.25, 0.3) is 0 Å². The Labute approximate surface area is 78.1 Å². The molecule has 1 atom stereocenters. The van der Waals surface area contributed by atoms with E-state index in [0.717, 1.165) is 19.5 Å². The van der Waals surface area contributed by atoms with Crippen molar-refractivity contribution in [3.8, 4) is 0 Å². The van der Waals surface area contributed by atoms with Crippen LogP contribution in [0.4, 0.5) is 0 Å². The number of hydrogen-bond acceptors (Lipinski definition) is 2. The molecule has 0 aliphatic heterocycles. The molecule has 2 N–H and O–H groups in total. The zero-order valence-electron chi connectivity index (χ0n) is 8.14. The molecular weight excluding hydrogens is 148 g/mol. The normalized spacial score (nSPS) is 12.8. The summed E-state index contributed by atoms with van der Waals surface area (Å²) >= 11 is 0. The van der Waals surface area contributed by atoms with Crippen molar-refractivity contribution in [3.05, 3.63) is 0 Å². The van der Waals surface area contributed by atoms with Crippen molar-refractivity contribution in [1.82, 2.24) is 4.90 Å². The second-order valence-electron chi connectivity index (χ2n) is 3.15. The van der Waals surface area contributed by atoms with Crippen LogP contribution in [0.25, 0.3) is 0 Å². The topological polar surface area (TPSA) is 29.3 Å². The van der Waals surface area contributed by atoms with Crippen LogP contribution in [0.3, 0.4) is 0 Å². The predicted molar refractivity (Wildman–Crippen MR) is 57.4 cm³/mol. The average molecular weight is 174 g/mol. The fourth-order valence-electron chi connectivity index (χ4n) is 1.18. The number of nitrogens with two attached hydrogens (primary N) is 1. The summed E-state index contributed by atoms with van der Waals surface area (Å²) in [5.41, 5.74) is 5.64. The largest absolute Gasteiger partial charge is 0.328 e. The van der Waals surface area contributed by atoms with Gasteiger partial charge < -0.3 is 10.6 Å². The molecule has 0 spiro atoms. The Morgan fingerprint density at radius 2 is 1.75 bits per heavy atom. The van der Waals surface area contributed by atoms with Gasteiger partial charge in [0.15, 0.2) is 0 Å². The molecule has 0 fully saturated rings. The highest BCUT2D eigenvalue weighted by atomic mass is 15.1. The SMILES string of the molecule is C.CCN(CC)CCCC(C)N. The minimum atomic E-state index is 0. The van der Waals surface area contributed by atoms with Crippen LogP contribution in [0.1, 0.15) is 41.0 Å². The first-order chi connectivity index (χ1) is 5.20. The zero-order valence-corrected chi connectivity index (χ0v) is 8.14. The second kappa shape index (κ2) is 9.01. The van der Waals surface area contributed by atoms with Crippen molar-refractivity contribution in [2.24, 2.45) is 5.73 Å². The monoisotopic (exact) mass is 174 g/mol. The number of nitrogens with zero attached hydrogens (tertiary/aromatic N) is 1. The Bertz CT molecular complexity index is 77.9. The lowest BCUT2D eigenvalue weighted by Gasteiger charge is -2.17. The Hall–Kier alpha value is -0.0800. The molecule has 0 amide bonds. The molecular formula is C10H26N2. The van der Waals surface area contributed by atoms with E-state index >= 15 is 0 Å². The minimum Gasteiger partial charge on any atom is -0.328 e. The molecule has 0 saturated heterocycles. The van der Waals surface area contributed by atoms with Gasteiger partial charge in [0.05, 0.1) is 0 Å². The lowest BCUT2D eigenvalue weighted by molar-refractivity contribution is 0.294. The first kappa shape index (κ1) is 14.4. The molecule has 2 heteroatoms. The van der Waals surface area contributed by atoms with Crippen LogP contribution in [0.15, 0.2) is 0 Å². The highest BCUT2D eigenvalue weighted by Crippen LogP contribution is 1.96. The van der Waals surface area contributed by atoms with E-state index in [9.17, 15) is 0 Å². The zero-order chi connectivity index (χ0) is 8.69. The lowest BCUT2D eigenvalue weighted by atomic mass is 10.2. The van der Waals surface area contributed by atoms with Crippen LogP contribution in [0, 0.1) is 0 Å². The van der Waals surface area contributed by atoms with E-state index in [-0.39, 0.29) is 7.43 Å². The molecule has 76 valence electrons. The smallest absolute Gasteiger partial charge is 0.00109 e. The molecule has 0 heterocycles. The van der Waals surface area contributed by atoms with Gasteiger partial charge in [-0.2, -0.15) is 0 Å². The molecule has 0 rings (SSSR count). The van der Waals surface area contributed by atoms with Crippen LogP contribution in [0.2, 0.25) is 0 Å². The molecule has 0 aliphatic rings. The van der Waals surface area contributed by atoms with E-state index in [2.05, 4.69) is 25.7 Å². The van der Waals surface area contributed by atoms with Crippen LogP contribution in [-0.4, -0.2) is 30.6 Å². The third kappa shape index (κ3) is 8.02. The highest BCUT2D eigenvalue weighted by molar-refractivity contribution is 4.57. The molecule has 0 aromatic heterocycles. The third-order valence-corrected chi connectivity index (χ3v) is 2.03. The van der Waals surface area contributed by atoms with E-state index < -0.39 is 0 Å². The molecule has 0 saturated carbocycles. The maximum Gasteiger partial charge on any atom is 0.00109 e. The van der Waals surface area contributed by atoms with Crippen LogP contribution in [0.5, 0.6) is 0 Å². The van der Waals surface area contributed by atoms with Gasteiger partial charge in [0.2, 0.25) is 0 Å². The molecule has 0 aromatic carbocycles. The summed E-state index contributed by atoms with van der Waals surface area (Å²) in [6.07, 6.45) is 2.38. The van der Waals surface area contributed by atoms with Gasteiger partial charge in [0.1, 0.15) is 0 Å². The van der Waals surface area contributed by atoms with Crippen molar-refractivity contribution >= 4 is 0 Å². The van der Waals surface area contributed by atoms with Gasteiger partial charge in [-0.05, 0) is 39.4 Å². The van der Waals surface area contributed by atoms with Crippen LogP contribution in [-0.2, 0) is 0 Å². The van der Waals surface area contributed by atoms with Gasteiger partial charge in [-0.15, -0.1) is 0 Å². The lowest BCUT2D eigenvalue weighted by Crippen LogP contribution is -2.25. The Kier molecular flexibility index (Phi) is 10.8.